The van der Waals surface area contributed by atoms with Gasteiger partial charge < -0.3 is 4.74 Å². The van der Waals surface area contributed by atoms with Crippen LogP contribution in [0.25, 0.3) is 10.2 Å². The van der Waals surface area contributed by atoms with E-state index < -0.39 is 0 Å². The summed E-state index contributed by atoms with van der Waals surface area (Å²) in [5.41, 5.74) is 1.33. The first-order valence-electron chi connectivity index (χ1n) is 6.64. The molecule has 0 N–H and O–H groups in total. The Kier molecular flexibility index (Phi) is 3.78. The lowest BCUT2D eigenvalue weighted by Crippen LogP contribution is -2.08. The highest BCUT2D eigenvalue weighted by molar-refractivity contribution is 7.99. The number of thiophene rings is 1. The van der Waals surface area contributed by atoms with Crippen molar-refractivity contribution in [3.05, 3.63) is 16.3 Å². The maximum Gasteiger partial charge on any atom is 0.128 e. The van der Waals surface area contributed by atoms with Crippen LogP contribution in [-0.2, 0) is 4.74 Å². The minimum atomic E-state index is 0.398. The molecule has 1 aliphatic heterocycles. The number of thioether (sulfide) groups is 1. The van der Waals surface area contributed by atoms with Crippen molar-refractivity contribution in [3.8, 4) is 0 Å². The second kappa shape index (κ2) is 5.38. The summed E-state index contributed by atoms with van der Waals surface area (Å²) in [4.78, 5) is 11.7. The van der Waals surface area contributed by atoms with Crippen LogP contribution in [0, 0.1) is 20.8 Å². The first kappa shape index (κ1) is 13.3. The molecule has 0 spiro atoms. The van der Waals surface area contributed by atoms with Gasteiger partial charge in [0.2, 0.25) is 0 Å². The third-order valence-corrected chi connectivity index (χ3v) is 5.75. The molecule has 1 fully saturated rings. The molecule has 0 radical (unpaired) electrons. The molecule has 3 nitrogen and oxygen atoms in total. The molecule has 0 aliphatic carbocycles. The molecule has 5 heteroatoms. The number of aryl methyl sites for hydroxylation is 3. The summed E-state index contributed by atoms with van der Waals surface area (Å²) in [7, 11) is 0. The fourth-order valence-corrected chi connectivity index (χ4v) is 4.70. The molecule has 2 aromatic rings. The van der Waals surface area contributed by atoms with Gasteiger partial charge in [-0.25, -0.2) is 9.97 Å². The Morgan fingerprint density at radius 2 is 2.16 bits per heavy atom. The third kappa shape index (κ3) is 2.64. The Morgan fingerprint density at radius 3 is 2.89 bits per heavy atom. The summed E-state index contributed by atoms with van der Waals surface area (Å²) in [6.07, 6.45) is 2.78. The van der Waals surface area contributed by atoms with Gasteiger partial charge in [0.1, 0.15) is 15.7 Å². The highest BCUT2D eigenvalue weighted by atomic mass is 32.2. The lowest BCUT2D eigenvalue weighted by molar-refractivity contribution is 0.129. The SMILES string of the molecule is Cc1nc(SCC2CCCO2)c2c(C)c(C)sc2n1. The van der Waals surface area contributed by atoms with Crippen molar-refractivity contribution in [2.75, 3.05) is 12.4 Å². The van der Waals surface area contributed by atoms with Crippen LogP contribution < -0.4 is 0 Å². The van der Waals surface area contributed by atoms with E-state index >= 15 is 0 Å². The van der Waals surface area contributed by atoms with Gasteiger partial charge in [0.15, 0.2) is 0 Å². The molecule has 1 atom stereocenters. The van der Waals surface area contributed by atoms with Crippen molar-refractivity contribution in [3.63, 3.8) is 0 Å². The van der Waals surface area contributed by atoms with E-state index in [1.165, 1.54) is 28.7 Å². The van der Waals surface area contributed by atoms with Crippen LogP contribution in [0.15, 0.2) is 5.03 Å². The molecule has 0 aromatic carbocycles. The minimum Gasteiger partial charge on any atom is -0.377 e. The van der Waals surface area contributed by atoms with Crippen molar-refractivity contribution in [2.45, 2.75) is 44.7 Å². The Morgan fingerprint density at radius 1 is 1.32 bits per heavy atom. The van der Waals surface area contributed by atoms with Gasteiger partial charge in [0, 0.05) is 22.6 Å². The van der Waals surface area contributed by atoms with Gasteiger partial charge in [-0.1, -0.05) is 0 Å². The highest BCUT2D eigenvalue weighted by Gasteiger charge is 2.18. The molecule has 0 saturated carbocycles. The molecule has 3 rings (SSSR count). The Hall–Kier alpha value is -0.650. The van der Waals surface area contributed by atoms with Crippen LogP contribution in [0.2, 0.25) is 0 Å². The van der Waals surface area contributed by atoms with Crippen LogP contribution in [0.3, 0.4) is 0 Å². The van der Waals surface area contributed by atoms with Gasteiger partial charge in [0.05, 0.1) is 6.10 Å². The monoisotopic (exact) mass is 294 g/mol. The van der Waals surface area contributed by atoms with E-state index in [-0.39, 0.29) is 0 Å². The minimum absolute atomic E-state index is 0.398. The quantitative estimate of drug-likeness (QED) is 0.635. The summed E-state index contributed by atoms with van der Waals surface area (Å²) >= 11 is 3.59. The van der Waals surface area contributed by atoms with Crippen molar-refractivity contribution in [2.24, 2.45) is 0 Å². The zero-order chi connectivity index (χ0) is 13.4. The zero-order valence-corrected chi connectivity index (χ0v) is 13.2. The van der Waals surface area contributed by atoms with E-state index in [1.54, 1.807) is 11.3 Å². The summed E-state index contributed by atoms with van der Waals surface area (Å²) < 4.78 is 5.69. The molecule has 1 unspecified atom stereocenters. The predicted molar refractivity (Wildman–Crippen MR) is 81.3 cm³/mol. The molecule has 2 aromatic heterocycles. The fourth-order valence-electron chi connectivity index (χ4n) is 2.37. The fraction of sp³-hybridized carbons (Fsp3) is 0.571. The van der Waals surface area contributed by atoms with E-state index in [4.69, 9.17) is 4.74 Å². The third-order valence-electron chi connectivity index (χ3n) is 3.54. The standard InChI is InChI=1S/C14H18N2OS2/c1-8-9(2)19-14-12(8)13(15-10(3)16-14)18-7-11-5-4-6-17-11/h11H,4-7H2,1-3H3. The van der Waals surface area contributed by atoms with Gasteiger partial charge >= 0.3 is 0 Å². The highest BCUT2D eigenvalue weighted by Crippen LogP contribution is 2.35. The second-order valence-electron chi connectivity index (χ2n) is 4.99. The van der Waals surface area contributed by atoms with Crippen molar-refractivity contribution in [1.29, 1.82) is 0 Å². The van der Waals surface area contributed by atoms with Crippen molar-refractivity contribution >= 4 is 33.3 Å². The summed E-state index contributed by atoms with van der Waals surface area (Å²) in [5, 5.41) is 2.37. The number of rotatable bonds is 3. The Bertz CT molecular complexity index is 603. The van der Waals surface area contributed by atoms with Crippen molar-refractivity contribution in [1.82, 2.24) is 9.97 Å². The molecular weight excluding hydrogens is 276 g/mol. The summed E-state index contributed by atoms with van der Waals surface area (Å²) in [6, 6.07) is 0. The van der Waals surface area contributed by atoms with Gasteiger partial charge in [-0.2, -0.15) is 0 Å². The van der Waals surface area contributed by atoms with E-state index in [2.05, 4.69) is 23.8 Å². The lowest BCUT2D eigenvalue weighted by atomic mass is 10.2. The van der Waals surface area contributed by atoms with E-state index in [1.807, 2.05) is 18.7 Å². The van der Waals surface area contributed by atoms with Crippen LogP contribution in [-0.4, -0.2) is 28.4 Å². The number of aromatic nitrogens is 2. The van der Waals surface area contributed by atoms with Crippen LogP contribution in [0.5, 0.6) is 0 Å². The number of hydrogen-bond donors (Lipinski definition) is 0. The average molecular weight is 294 g/mol. The van der Waals surface area contributed by atoms with Crippen LogP contribution in [0.1, 0.15) is 29.1 Å². The number of nitrogens with zero attached hydrogens (tertiary/aromatic N) is 2. The molecule has 102 valence electrons. The first-order chi connectivity index (χ1) is 9.15. The molecule has 1 aliphatic rings. The number of hydrogen-bond acceptors (Lipinski definition) is 5. The largest absolute Gasteiger partial charge is 0.377 e. The summed E-state index contributed by atoms with van der Waals surface area (Å²) in [6.45, 7) is 7.22. The van der Waals surface area contributed by atoms with Gasteiger partial charge in [-0.15, -0.1) is 23.1 Å². The Balaban J connectivity index is 1.92. The molecular formula is C14H18N2OS2. The van der Waals surface area contributed by atoms with Crippen molar-refractivity contribution < 1.29 is 4.74 Å². The smallest absolute Gasteiger partial charge is 0.128 e. The van der Waals surface area contributed by atoms with Crippen LogP contribution >= 0.6 is 23.1 Å². The van der Waals surface area contributed by atoms with Gasteiger partial charge in [-0.3, -0.25) is 0 Å². The topological polar surface area (TPSA) is 35.0 Å². The maximum atomic E-state index is 5.69. The first-order valence-corrected chi connectivity index (χ1v) is 8.44. The predicted octanol–water partition coefficient (Wildman–Crippen LogP) is 3.89. The number of ether oxygens (including phenoxy) is 1. The number of fused-ring (bicyclic) bond motifs is 1. The van der Waals surface area contributed by atoms with E-state index in [0.29, 0.717) is 6.10 Å². The van der Waals surface area contributed by atoms with E-state index in [0.717, 1.165) is 28.0 Å². The maximum absolute atomic E-state index is 5.69. The van der Waals surface area contributed by atoms with Gasteiger partial charge in [0.25, 0.3) is 0 Å². The summed E-state index contributed by atoms with van der Waals surface area (Å²) in [5.74, 6) is 1.86. The average Bonchev–Trinajstić information content (AvgIpc) is 2.96. The zero-order valence-electron chi connectivity index (χ0n) is 11.5. The Labute approximate surface area is 121 Å². The van der Waals surface area contributed by atoms with Gasteiger partial charge in [-0.05, 0) is 39.2 Å². The molecule has 0 bridgehead atoms. The second-order valence-corrected chi connectivity index (χ2v) is 7.20. The van der Waals surface area contributed by atoms with E-state index in [9.17, 15) is 0 Å². The van der Waals surface area contributed by atoms with Crippen LogP contribution in [0.4, 0.5) is 0 Å². The molecule has 1 saturated heterocycles. The normalized spacial score (nSPS) is 19.4. The molecule has 3 heterocycles. The molecule has 0 amide bonds. The lowest BCUT2D eigenvalue weighted by Gasteiger charge is -2.09. The molecule has 19 heavy (non-hydrogen) atoms.